The molecular formula is C18H20ClNO4. The SMILES string of the molecule is COc1cc(CC(=O)Nc2cccc(Cl)c2C)cc(OC)c1OC. The molecule has 0 saturated carbocycles. The molecule has 2 aromatic carbocycles. The molecular weight excluding hydrogens is 330 g/mol. The number of nitrogens with one attached hydrogen (secondary N) is 1. The lowest BCUT2D eigenvalue weighted by Crippen LogP contribution is -2.15. The highest BCUT2D eigenvalue weighted by Gasteiger charge is 2.15. The van der Waals surface area contributed by atoms with Crippen LogP contribution in [0.15, 0.2) is 30.3 Å². The minimum atomic E-state index is -0.158. The zero-order valence-corrected chi connectivity index (χ0v) is 14.9. The van der Waals surface area contributed by atoms with Crippen LogP contribution in [0.3, 0.4) is 0 Å². The first kappa shape index (κ1) is 17.9. The van der Waals surface area contributed by atoms with E-state index in [2.05, 4.69) is 5.32 Å². The summed E-state index contributed by atoms with van der Waals surface area (Å²) < 4.78 is 15.9. The van der Waals surface area contributed by atoms with Crippen molar-refractivity contribution in [1.29, 1.82) is 0 Å². The Bertz CT molecular complexity index is 721. The van der Waals surface area contributed by atoms with Crippen molar-refractivity contribution in [2.75, 3.05) is 26.6 Å². The van der Waals surface area contributed by atoms with Gasteiger partial charge in [0, 0.05) is 10.7 Å². The van der Waals surface area contributed by atoms with Gasteiger partial charge in [0.2, 0.25) is 11.7 Å². The van der Waals surface area contributed by atoms with Gasteiger partial charge in [-0.05, 0) is 42.3 Å². The average Bonchev–Trinajstić information content (AvgIpc) is 2.57. The molecule has 24 heavy (non-hydrogen) atoms. The molecule has 1 N–H and O–H groups in total. The van der Waals surface area contributed by atoms with Gasteiger partial charge in [0.1, 0.15) is 0 Å². The Morgan fingerprint density at radius 2 is 1.71 bits per heavy atom. The molecule has 0 radical (unpaired) electrons. The third-order valence-electron chi connectivity index (χ3n) is 3.63. The summed E-state index contributed by atoms with van der Waals surface area (Å²) >= 11 is 6.07. The number of benzene rings is 2. The van der Waals surface area contributed by atoms with Gasteiger partial charge in [0.05, 0.1) is 27.8 Å². The summed E-state index contributed by atoms with van der Waals surface area (Å²) in [7, 11) is 4.61. The number of anilines is 1. The summed E-state index contributed by atoms with van der Waals surface area (Å²) in [5.74, 6) is 1.36. The lowest BCUT2D eigenvalue weighted by atomic mass is 10.1. The first-order valence-electron chi connectivity index (χ1n) is 7.34. The Morgan fingerprint density at radius 1 is 1.08 bits per heavy atom. The highest BCUT2D eigenvalue weighted by Crippen LogP contribution is 2.38. The molecule has 6 heteroatoms. The second-order valence-electron chi connectivity index (χ2n) is 5.17. The molecule has 5 nitrogen and oxygen atoms in total. The monoisotopic (exact) mass is 349 g/mol. The van der Waals surface area contributed by atoms with Gasteiger partial charge in [-0.2, -0.15) is 0 Å². The van der Waals surface area contributed by atoms with Crippen LogP contribution in [0.5, 0.6) is 17.2 Å². The van der Waals surface area contributed by atoms with Crippen molar-refractivity contribution < 1.29 is 19.0 Å². The summed E-state index contributed by atoms with van der Waals surface area (Å²) in [6.45, 7) is 1.86. The number of rotatable bonds is 6. The molecule has 2 rings (SSSR count). The van der Waals surface area contributed by atoms with E-state index in [1.165, 1.54) is 21.3 Å². The molecule has 0 aliphatic heterocycles. The van der Waals surface area contributed by atoms with E-state index in [-0.39, 0.29) is 12.3 Å². The fourth-order valence-electron chi connectivity index (χ4n) is 2.36. The molecule has 0 fully saturated rings. The van der Waals surface area contributed by atoms with Gasteiger partial charge in [-0.25, -0.2) is 0 Å². The van der Waals surface area contributed by atoms with Crippen LogP contribution in [0.1, 0.15) is 11.1 Å². The molecule has 0 atom stereocenters. The molecule has 0 saturated heterocycles. The molecule has 1 amide bonds. The van der Waals surface area contributed by atoms with Crippen molar-refractivity contribution in [2.24, 2.45) is 0 Å². The van der Waals surface area contributed by atoms with Crippen molar-refractivity contribution in [3.05, 3.63) is 46.5 Å². The molecule has 0 bridgehead atoms. The smallest absolute Gasteiger partial charge is 0.228 e. The van der Waals surface area contributed by atoms with Gasteiger partial charge >= 0.3 is 0 Å². The molecule has 0 unspecified atom stereocenters. The van der Waals surface area contributed by atoms with Gasteiger partial charge < -0.3 is 19.5 Å². The van der Waals surface area contributed by atoms with Gasteiger partial charge in [-0.15, -0.1) is 0 Å². The lowest BCUT2D eigenvalue weighted by Gasteiger charge is -2.14. The number of carbonyl (C=O) groups excluding carboxylic acids is 1. The second kappa shape index (κ2) is 7.93. The van der Waals surface area contributed by atoms with Crippen molar-refractivity contribution >= 4 is 23.2 Å². The van der Waals surface area contributed by atoms with E-state index in [9.17, 15) is 4.79 Å². The maximum Gasteiger partial charge on any atom is 0.228 e. The zero-order chi connectivity index (χ0) is 17.7. The van der Waals surface area contributed by atoms with Crippen molar-refractivity contribution in [2.45, 2.75) is 13.3 Å². The summed E-state index contributed by atoms with van der Waals surface area (Å²) in [6, 6.07) is 8.90. The maximum absolute atomic E-state index is 12.3. The third kappa shape index (κ3) is 3.92. The molecule has 0 aliphatic carbocycles. The van der Waals surface area contributed by atoms with Gasteiger partial charge in [0.15, 0.2) is 11.5 Å². The van der Waals surface area contributed by atoms with E-state index in [0.29, 0.717) is 28.0 Å². The van der Waals surface area contributed by atoms with Gasteiger partial charge in [0.25, 0.3) is 0 Å². The second-order valence-corrected chi connectivity index (χ2v) is 5.58. The first-order chi connectivity index (χ1) is 11.5. The summed E-state index contributed by atoms with van der Waals surface area (Å²) in [4.78, 5) is 12.3. The zero-order valence-electron chi connectivity index (χ0n) is 14.1. The van der Waals surface area contributed by atoms with E-state index in [1.807, 2.05) is 13.0 Å². The predicted molar refractivity (Wildman–Crippen MR) is 94.6 cm³/mol. The van der Waals surface area contributed by atoms with Crippen LogP contribution >= 0.6 is 11.6 Å². The van der Waals surface area contributed by atoms with Crippen LogP contribution < -0.4 is 19.5 Å². The quantitative estimate of drug-likeness (QED) is 0.860. The van der Waals surface area contributed by atoms with Crippen LogP contribution in [0.25, 0.3) is 0 Å². The standard InChI is InChI=1S/C18H20ClNO4/c1-11-13(19)6-5-7-14(11)20-17(21)10-12-8-15(22-2)18(24-4)16(9-12)23-3/h5-9H,10H2,1-4H3,(H,20,21). The fourth-order valence-corrected chi connectivity index (χ4v) is 2.53. The molecule has 0 heterocycles. The van der Waals surface area contributed by atoms with E-state index in [0.717, 1.165) is 11.1 Å². The molecule has 0 aromatic heterocycles. The van der Waals surface area contributed by atoms with Crippen molar-refractivity contribution in [3.63, 3.8) is 0 Å². The first-order valence-corrected chi connectivity index (χ1v) is 7.71. The Balaban J connectivity index is 2.21. The normalized spacial score (nSPS) is 10.2. The molecule has 128 valence electrons. The van der Waals surface area contributed by atoms with E-state index in [1.54, 1.807) is 24.3 Å². The number of amides is 1. The average molecular weight is 350 g/mol. The van der Waals surface area contributed by atoms with Crippen molar-refractivity contribution in [1.82, 2.24) is 0 Å². The minimum absolute atomic E-state index is 0.158. The number of ether oxygens (including phenoxy) is 3. The summed E-state index contributed by atoms with van der Waals surface area (Å²) in [5, 5.41) is 3.48. The highest BCUT2D eigenvalue weighted by molar-refractivity contribution is 6.31. The number of halogens is 1. The highest BCUT2D eigenvalue weighted by atomic mass is 35.5. The van der Waals surface area contributed by atoms with Gasteiger partial charge in [-0.3, -0.25) is 4.79 Å². The Labute approximate surface area is 146 Å². The van der Waals surface area contributed by atoms with Gasteiger partial charge in [-0.1, -0.05) is 17.7 Å². The predicted octanol–water partition coefficient (Wildman–Crippen LogP) is 3.86. The van der Waals surface area contributed by atoms with E-state index in [4.69, 9.17) is 25.8 Å². The maximum atomic E-state index is 12.3. The van der Waals surface area contributed by atoms with Crippen molar-refractivity contribution in [3.8, 4) is 17.2 Å². The molecule has 0 aliphatic rings. The fraction of sp³-hybridized carbons (Fsp3) is 0.278. The third-order valence-corrected chi connectivity index (χ3v) is 4.04. The molecule has 0 spiro atoms. The van der Waals surface area contributed by atoms with Crippen LogP contribution in [-0.2, 0) is 11.2 Å². The van der Waals surface area contributed by atoms with Crippen LogP contribution in [-0.4, -0.2) is 27.2 Å². The Morgan fingerprint density at radius 3 is 2.25 bits per heavy atom. The number of hydrogen-bond donors (Lipinski definition) is 1. The number of carbonyl (C=O) groups is 1. The lowest BCUT2D eigenvalue weighted by molar-refractivity contribution is -0.115. The van der Waals surface area contributed by atoms with Crippen LogP contribution in [0, 0.1) is 6.92 Å². The largest absolute Gasteiger partial charge is 0.493 e. The summed E-state index contributed by atoms with van der Waals surface area (Å²) in [5.41, 5.74) is 2.28. The summed E-state index contributed by atoms with van der Waals surface area (Å²) in [6.07, 6.45) is 0.169. The number of methoxy groups -OCH3 is 3. The number of hydrogen-bond acceptors (Lipinski definition) is 4. The van der Waals surface area contributed by atoms with E-state index < -0.39 is 0 Å². The van der Waals surface area contributed by atoms with Crippen LogP contribution in [0.2, 0.25) is 5.02 Å². The topological polar surface area (TPSA) is 56.8 Å². The Hall–Kier alpha value is -2.40. The Kier molecular flexibility index (Phi) is 5.93. The van der Waals surface area contributed by atoms with E-state index >= 15 is 0 Å². The van der Waals surface area contributed by atoms with Crippen LogP contribution in [0.4, 0.5) is 5.69 Å². The minimum Gasteiger partial charge on any atom is -0.493 e. The molecule has 2 aromatic rings.